The Labute approximate surface area is 125 Å². The van der Waals surface area contributed by atoms with E-state index in [-0.39, 0.29) is 16.6 Å². The zero-order valence-corrected chi connectivity index (χ0v) is 12.9. The van der Waals surface area contributed by atoms with Gasteiger partial charge >= 0.3 is 0 Å². The number of hydrogen-bond donors (Lipinski definition) is 3. The molecular formula is C13H17NOS3. The normalized spacial score (nSPS) is 24.7. The molecule has 0 saturated carbocycles. The molecule has 5 heteroatoms. The van der Waals surface area contributed by atoms with Crippen molar-refractivity contribution in [3.05, 3.63) is 35.4 Å². The summed E-state index contributed by atoms with van der Waals surface area (Å²) in [5.74, 6) is -0.204. The first-order valence-corrected chi connectivity index (χ1v) is 7.19. The number of aryl methyl sites for hydroxylation is 1. The van der Waals surface area contributed by atoms with Gasteiger partial charge in [0.15, 0.2) is 5.12 Å². The first-order chi connectivity index (χ1) is 8.47. The van der Waals surface area contributed by atoms with Crippen molar-refractivity contribution in [2.75, 3.05) is 0 Å². The van der Waals surface area contributed by atoms with Gasteiger partial charge in [0.2, 0.25) is 0 Å². The SMILES string of the molecule is CC(C(=O)S)C1(N(S)S)CCc2ccccc2C1. The van der Waals surface area contributed by atoms with Gasteiger partial charge in [-0.05, 0) is 30.4 Å². The van der Waals surface area contributed by atoms with Gasteiger partial charge in [0.25, 0.3) is 0 Å². The first-order valence-electron chi connectivity index (χ1n) is 5.95. The lowest BCUT2D eigenvalue weighted by atomic mass is 9.72. The van der Waals surface area contributed by atoms with E-state index < -0.39 is 0 Å². The van der Waals surface area contributed by atoms with E-state index in [4.69, 9.17) is 0 Å². The molecule has 0 fully saturated rings. The Hall–Kier alpha value is -0.100. The molecule has 0 aliphatic heterocycles. The fraction of sp³-hybridized carbons (Fsp3) is 0.462. The summed E-state index contributed by atoms with van der Waals surface area (Å²) in [4.78, 5) is 11.6. The summed E-state index contributed by atoms with van der Waals surface area (Å²) < 4.78 is 1.60. The Morgan fingerprint density at radius 1 is 1.33 bits per heavy atom. The third-order valence-corrected chi connectivity index (χ3v) is 5.20. The van der Waals surface area contributed by atoms with Crippen molar-refractivity contribution in [2.24, 2.45) is 5.92 Å². The van der Waals surface area contributed by atoms with E-state index in [1.54, 1.807) is 3.71 Å². The zero-order chi connectivity index (χ0) is 13.3. The molecule has 18 heavy (non-hydrogen) atoms. The van der Waals surface area contributed by atoms with E-state index in [1.165, 1.54) is 11.1 Å². The Balaban J connectivity index is 2.38. The molecule has 0 saturated heterocycles. The molecule has 2 unspecified atom stereocenters. The fourth-order valence-electron chi connectivity index (χ4n) is 2.69. The lowest BCUT2D eigenvalue weighted by Crippen LogP contribution is -2.51. The molecule has 0 N–H and O–H groups in total. The van der Waals surface area contributed by atoms with Gasteiger partial charge in [0.05, 0.1) is 5.54 Å². The highest BCUT2D eigenvalue weighted by molar-refractivity contribution is 7.96. The molecule has 0 spiro atoms. The predicted octanol–water partition coefficient (Wildman–Crippen LogP) is 3.00. The molecule has 2 rings (SSSR count). The molecule has 98 valence electrons. The second kappa shape index (κ2) is 5.49. The van der Waals surface area contributed by atoms with E-state index in [0.29, 0.717) is 0 Å². The van der Waals surface area contributed by atoms with Crippen LogP contribution in [-0.2, 0) is 17.6 Å². The van der Waals surface area contributed by atoms with Crippen molar-refractivity contribution >= 4 is 43.4 Å². The van der Waals surface area contributed by atoms with Crippen LogP contribution in [-0.4, -0.2) is 14.4 Å². The second-order valence-electron chi connectivity index (χ2n) is 4.90. The van der Waals surface area contributed by atoms with Crippen LogP contribution in [0.1, 0.15) is 24.5 Å². The molecule has 0 radical (unpaired) electrons. The number of carbonyl (C=O) groups excluding carboxylic acids is 1. The van der Waals surface area contributed by atoms with Gasteiger partial charge < -0.3 is 0 Å². The van der Waals surface area contributed by atoms with Crippen LogP contribution in [0.2, 0.25) is 0 Å². The topological polar surface area (TPSA) is 20.3 Å². The molecule has 1 aliphatic carbocycles. The number of nitrogens with zero attached hydrogens (tertiary/aromatic N) is 1. The van der Waals surface area contributed by atoms with Gasteiger partial charge in [-0.3, -0.25) is 4.79 Å². The quantitative estimate of drug-likeness (QED) is 0.746. The molecule has 0 amide bonds. The van der Waals surface area contributed by atoms with Crippen molar-refractivity contribution in [3.8, 4) is 0 Å². The fourth-order valence-corrected chi connectivity index (χ4v) is 3.61. The van der Waals surface area contributed by atoms with Crippen molar-refractivity contribution in [1.29, 1.82) is 0 Å². The van der Waals surface area contributed by atoms with Gasteiger partial charge in [0.1, 0.15) is 0 Å². The van der Waals surface area contributed by atoms with Gasteiger partial charge in [0, 0.05) is 5.92 Å². The number of fused-ring (bicyclic) bond motifs is 1. The van der Waals surface area contributed by atoms with Crippen molar-refractivity contribution < 1.29 is 4.79 Å². The third kappa shape index (κ3) is 2.46. The highest BCUT2D eigenvalue weighted by Gasteiger charge is 2.44. The van der Waals surface area contributed by atoms with Gasteiger partial charge in [-0.15, -0.1) is 12.6 Å². The molecule has 0 aromatic heterocycles. The first kappa shape index (κ1) is 14.3. The summed E-state index contributed by atoms with van der Waals surface area (Å²) in [6.45, 7) is 1.91. The standard InChI is InChI=1S/C13H17NOS3/c1-9(12(15)16)13(14(17)18)7-6-10-4-2-3-5-11(10)8-13/h2-5,9,17-18H,6-8H2,1H3,(H,15,16). The molecule has 1 aliphatic rings. The van der Waals surface area contributed by atoms with Crippen LogP contribution in [0.3, 0.4) is 0 Å². The van der Waals surface area contributed by atoms with E-state index >= 15 is 0 Å². The van der Waals surface area contributed by atoms with Crippen LogP contribution in [0.4, 0.5) is 0 Å². The maximum Gasteiger partial charge on any atom is 0.190 e. The average molecular weight is 299 g/mol. The Kier molecular flexibility index (Phi) is 4.36. The van der Waals surface area contributed by atoms with Gasteiger partial charge in [-0.1, -0.05) is 56.8 Å². The number of thiol groups is 3. The minimum Gasteiger partial charge on any atom is -0.287 e. The number of hydrogen-bond acceptors (Lipinski definition) is 4. The van der Waals surface area contributed by atoms with E-state index in [0.717, 1.165) is 19.3 Å². The summed E-state index contributed by atoms with van der Waals surface area (Å²) in [7, 11) is 0. The molecule has 1 aromatic rings. The maximum atomic E-state index is 11.6. The zero-order valence-electron chi connectivity index (χ0n) is 10.2. The van der Waals surface area contributed by atoms with Gasteiger partial charge in [-0.25, -0.2) is 0 Å². The number of carbonyl (C=O) groups is 1. The summed E-state index contributed by atoms with van der Waals surface area (Å²) in [6, 6.07) is 8.35. The van der Waals surface area contributed by atoms with Crippen LogP contribution in [0.25, 0.3) is 0 Å². The van der Waals surface area contributed by atoms with E-state index in [1.807, 2.05) is 13.0 Å². The summed E-state index contributed by atoms with van der Waals surface area (Å²) in [6.07, 6.45) is 2.59. The van der Waals surface area contributed by atoms with Crippen LogP contribution in [0.15, 0.2) is 24.3 Å². The minimum atomic E-state index is -0.362. The molecule has 0 bridgehead atoms. The van der Waals surface area contributed by atoms with Crippen LogP contribution in [0.5, 0.6) is 0 Å². The van der Waals surface area contributed by atoms with E-state index in [9.17, 15) is 4.79 Å². The summed E-state index contributed by atoms with van der Waals surface area (Å²) >= 11 is 12.7. The highest BCUT2D eigenvalue weighted by atomic mass is 32.2. The summed E-state index contributed by atoms with van der Waals surface area (Å²) in [5, 5.41) is -0.109. The van der Waals surface area contributed by atoms with Crippen molar-refractivity contribution in [3.63, 3.8) is 0 Å². The van der Waals surface area contributed by atoms with Crippen molar-refractivity contribution in [1.82, 2.24) is 3.71 Å². The van der Waals surface area contributed by atoms with Crippen LogP contribution in [0, 0.1) is 5.92 Å². The Morgan fingerprint density at radius 2 is 1.94 bits per heavy atom. The third-order valence-electron chi connectivity index (χ3n) is 4.02. The molecular weight excluding hydrogens is 282 g/mol. The monoisotopic (exact) mass is 299 g/mol. The predicted molar refractivity (Wildman–Crippen MR) is 84.2 cm³/mol. The lowest BCUT2D eigenvalue weighted by molar-refractivity contribution is -0.116. The average Bonchev–Trinajstić information content (AvgIpc) is 2.36. The molecule has 2 atom stereocenters. The summed E-state index contributed by atoms with van der Waals surface area (Å²) in [5.41, 5.74) is 2.27. The molecule has 0 heterocycles. The highest BCUT2D eigenvalue weighted by Crippen LogP contribution is 2.41. The number of rotatable bonds is 3. The Morgan fingerprint density at radius 3 is 2.50 bits per heavy atom. The number of benzene rings is 1. The van der Waals surface area contributed by atoms with Crippen LogP contribution >= 0.6 is 38.3 Å². The van der Waals surface area contributed by atoms with E-state index in [2.05, 4.69) is 56.5 Å². The van der Waals surface area contributed by atoms with Gasteiger partial charge in [-0.2, -0.15) is 3.71 Å². The second-order valence-corrected chi connectivity index (χ2v) is 6.45. The Bertz CT molecular complexity index is 463. The molecule has 1 aromatic carbocycles. The van der Waals surface area contributed by atoms with Crippen molar-refractivity contribution in [2.45, 2.75) is 31.7 Å². The largest absolute Gasteiger partial charge is 0.287 e. The smallest absolute Gasteiger partial charge is 0.190 e. The maximum absolute atomic E-state index is 11.6. The van der Waals surface area contributed by atoms with Crippen LogP contribution < -0.4 is 0 Å². The lowest BCUT2D eigenvalue weighted by Gasteiger charge is -2.44. The molecule has 2 nitrogen and oxygen atoms in total. The minimum absolute atomic E-state index is 0.109.